The average Bonchev–Trinajstić information content (AvgIpc) is 2.01. The van der Waals surface area contributed by atoms with Crippen molar-refractivity contribution in [1.29, 1.82) is 0 Å². The highest BCUT2D eigenvalue weighted by Crippen LogP contribution is 2.06. The number of hydrogen-bond acceptors (Lipinski definition) is 4. The minimum absolute atomic E-state index is 1.28. The lowest BCUT2D eigenvalue weighted by molar-refractivity contribution is -0.909. The van der Waals surface area contributed by atoms with Crippen molar-refractivity contribution in [2.75, 3.05) is 26.7 Å². The fraction of sp³-hybridized carbons (Fsp3) is 1.00. The van der Waals surface area contributed by atoms with Crippen molar-refractivity contribution >= 4 is 10.4 Å². The van der Waals surface area contributed by atoms with Gasteiger partial charge in [0.15, 0.2) is 0 Å². The molecular formula is C10H24NO4S-. The maximum absolute atomic E-state index is 8.52. The zero-order valence-electron chi connectivity index (χ0n) is 10.7. The zero-order valence-corrected chi connectivity index (χ0v) is 11.5. The number of quaternary nitrogens is 1. The maximum atomic E-state index is 8.52. The van der Waals surface area contributed by atoms with E-state index < -0.39 is 10.4 Å². The number of rotatable bonds is 6. The summed E-state index contributed by atoms with van der Waals surface area (Å²) in [5, 5.41) is 0. The van der Waals surface area contributed by atoms with Crippen LogP contribution in [0.2, 0.25) is 0 Å². The third-order valence-corrected chi connectivity index (χ3v) is 2.29. The van der Waals surface area contributed by atoms with Crippen LogP contribution in [0.1, 0.15) is 40.0 Å². The Hall–Kier alpha value is -0.170. The molecule has 0 saturated heterocycles. The van der Waals surface area contributed by atoms with Crippen LogP contribution in [0.5, 0.6) is 0 Å². The molecule has 5 nitrogen and oxygen atoms in total. The maximum Gasteiger partial charge on any atom is 0.0781 e. The van der Waals surface area contributed by atoms with Gasteiger partial charge in [-0.15, -0.1) is 0 Å². The molecule has 0 aliphatic heterocycles. The second-order valence-electron chi connectivity index (χ2n) is 4.20. The van der Waals surface area contributed by atoms with Gasteiger partial charge in [-0.2, -0.15) is 0 Å². The Morgan fingerprint density at radius 3 is 1.19 bits per heavy atom. The lowest BCUT2D eigenvalue weighted by atomic mass is 10.2. The largest absolute Gasteiger partial charge is 0.759 e. The SMILES string of the molecule is CCC[N+](C)(CCC)CCC.O=S(=O)([O-])[O-]. The van der Waals surface area contributed by atoms with Gasteiger partial charge in [0.1, 0.15) is 0 Å². The Morgan fingerprint density at radius 2 is 1.06 bits per heavy atom. The molecule has 0 fully saturated rings. The van der Waals surface area contributed by atoms with Gasteiger partial charge in [0.25, 0.3) is 0 Å². The summed E-state index contributed by atoms with van der Waals surface area (Å²) in [6.07, 6.45) is 3.95. The van der Waals surface area contributed by atoms with Crippen LogP contribution in [0.15, 0.2) is 0 Å². The van der Waals surface area contributed by atoms with Gasteiger partial charge in [-0.1, -0.05) is 20.8 Å². The van der Waals surface area contributed by atoms with Crippen molar-refractivity contribution in [3.05, 3.63) is 0 Å². The molecule has 0 aliphatic carbocycles. The molecule has 0 amide bonds. The zero-order chi connectivity index (χ0) is 13.2. The van der Waals surface area contributed by atoms with Gasteiger partial charge in [0.05, 0.1) is 26.7 Å². The van der Waals surface area contributed by atoms with Crippen molar-refractivity contribution in [3.8, 4) is 0 Å². The molecule has 100 valence electrons. The molecule has 0 aromatic carbocycles. The van der Waals surface area contributed by atoms with Crippen LogP contribution in [0.4, 0.5) is 0 Å². The molecule has 0 rings (SSSR count). The molecule has 0 radical (unpaired) electrons. The number of nitrogens with zero attached hydrogens (tertiary/aromatic N) is 1. The molecule has 0 atom stereocenters. The van der Waals surface area contributed by atoms with Crippen LogP contribution in [-0.4, -0.2) is 48.7 Å². The summed E-state index contributed by atoms with van der Waals surface area (Å²) in [5.74, 6) is 0. The van der Waals surface area contributed by atoms with Gasteiger partial charge in [0.2, 0.25) is 0 Å². The van der Waals surface area contributed by atoms with Gasteiger partial charge in [0, 0.05) is 10.4 Å². The molecule has 0 saturated carbocycles. The third kappa shape index (κ3) is 16.3. The Bertz CT molecular complexity index is 227. The minimum Gasteiger partial charge on any atom is -0.759 e. The fourth-order valence-corrected chi connectivity index (χ4v) is 1.95. The lowest BCUT2D eigenvalue weighted by Gasteiger charge is -2.33. The summed E-state index contributed by atoms with van der Waals surface area (Å²) in [4.78, 5) is 0. The average molecular weight is 254 g/mol. The summed E-state index contributed by atoms with van der Waals surface area (Å²) >= 11 is 0. The van der Waals surface area contributed by atoms with E-state index in [9.17, 15) is 0 Å². The van der Waals surface area contributed by atoms with Crippen LogP contribution in [-0.2, 0) is 10.4 Å². The first-order valence-corrected chi connectivity index (χ1v) is 7.02. The van der Waals surface area contributed by atoms with Crippen LogP contribution in [0.25, 0.3) is 0 Å². The minimum atomic E-state index is -5.17. The van der Waals surface area contributed by atoms with E-state index in [2.05, 4.69) is 27.8 Å². The second kappa shape index (κ2) is 8.92. The molecule has 0 spiro atoms. The monoisotopic (exact) mass is 254 g/mol. The highest BCUT2D eigenvalue weighted by atomic mass is 32.3. The van der Waals surface area contributed by atoms with Crippen molar-refractivity contribution < 1.29 is 22.0 Å². The predicted octanol–water partition coefficient (Wildman–Crippen LogP) is 1.33. The summed E-state index contributed by atoms with van der Waals surface area (Å²) in [6.45, 7) is 10.9. The van der Waals surface area contributed by atoms with E-state index in [1.807, 2.05) is 0 Å². The van der Waals surface area contributed by atoms with Gasteiger partial charge in [-0.05, 0) is 19.3 Å². The Kier molecular flexibility index (Phi) is 10.2. The van der Waals surface area contributed by atoms with Crippen LogP contribution in [0, 0.1) is 0 Å². The first kappa shape index (κ1) is 18.2. The highest BCUT2D eigenvalue weighted by Gasteiger charge is 2.16. The summed E-state index contributed by atoms with van der Waals surface area (Å²) < 4.78 is 35.4. The predicted molar refractivity (Wildman–Crippen MR) is 62.1 cm³/mol. The Labute approximate surface area is 99.6 Å². The fourth-order valence-electron chi connectivity index (χ4n) is 1.95. The molecule has 0 aliphatic rings. The van der Waals surface area contributed by atoms with Crippen molar-refractivity contribution in [1.82, 2.24) is 0 Å². The summed E-state index contributed by atoms with van der Waals surface area (Å²) in [7, 11) is -2.78. The molecule has 0 aromatic heterocycles. The molecule has 6 heteroatoms. The van der Waals surface area contributed by atoms with E-state index in [1.54, 1.807) is 0 Å². The molecule has 0 unspecified atom stereocenters. The first-order valence-electron chi connectivity index (χ1n) is 5.68. The number of hydrogen-bond donors (Lipinski definition) is 0. The molecule has 0 N–H and O–H groups in total. The van der Waals surface area contributed by atoms with Crippen LogP contribution < -0.4 is 0 Å². The van der Waals surface area contributed by atoms with Gasteiger partial charge < -0.3 is 13.6 Å². The standard InChI is InChI=1S/C10H24N.H2O4S/c1-5-8-11(4,9-6-2)10-7-3;1-5(2,3)4/h5-10H2,1-4H3;(H2,1,2,3,4)/q+1;/p-2. The highest BCUT2D eigenvalue weighted by molar-refractivity contribution is 7.79. The lowest BCUT2D eigenvalue weighted by Crippen LogP contribution is -2.45. The van der Waals surface area contributed by atoms with E-state index in [-0.39, 0.29) is 0 Å². The Balaban J connectivity index is 0. The van der Waals surface area contributed by atoms with E-state index >= 15 is 0 Å². The Morgan fingerprint density at radius 1 is 0.875 bits per heavy atom. The van der Waals surface area contributed by atoms with Crippen LogP contribution >= 0.6 is 0 Å². The van der Waals surface area contributed by atoms with Crippen LogP contribution in [0.3, 0.4) is 0 Å². The van der Waals surface area contributed by atoms with E-state index in [0.29, 0.717) is 0 Å². The summed E-state index contributed by atoms with van der Waals surface area (Å²) in [5.41, 5.74) is 0. The van der Waals surface area contributed by atoms with Crippen molar-refractivity contribution in [2.45, 2.75) is 40.0 Å². The van der Waals surface area contributed by atoms with E-state index in [0.717, 1.165) is 0 Å². The van der Waals surface area contributed by atoms with E-state index in [4.69, 9.17) is 17.5 Å². The second-order valence-corrected chi connectivity index (χ2v) is 5.02. The van der Waals surface area contributed by atoms with Gasteiger partial charge >= 0.3 is 0 Å². The van der Waals surface area contributed by atoms with E-state index in [1.165, 1.54) is 43.4 Å². The van der Waals surface area contributed by atoms with Gasteiger partial charge in [-0.3, -0.25) is 8.42 Å². The first-order chi connectivity index (χ1) is 7.18. The topological polar surface area (TPSA) is 80.3 Å². The molecule has 0 aromatic rings. The molecule has 0 heterocycles. The third-order valence-electron chi connectivity index (χ3n) is 2.29. The quantitative estimate of drug-likeness (QED) is 0.407. The molecule has 0 bridgehead atoms. The van der Waals surface area contributed by atoms with Crippen molar-refractivity contribution in [3.63, 3.8) is 0 Å². The smallest absolute Gasteiger partial charge is 0.0781 e. The summed E-state index contributed by atoms with van der Waals surface area (Å²) in [6, 6.07) is 0. The molecule has 16 heavy (non-hydrogen) atoms. The van der Waals surface area contributed by atoms with Gasteiger partial charge in [-0.25, -0.2) is 0 Å². The van der Waals surface area contributed by atoms with Crippen molar-refractivity contribution in [2.24, 2.45) is 0 Å². The molecular weight excluding hydrogens is 230 g/mol. The normalized spacial score (nSPS) is 11.9.